The molecule has 1 atom stereocenters. The van der Waals surface area contributed by atoms with Gasteiger partial charge in [0.1, 0.15) is 0 Å². The zero-order valence-electron chi connectivity index (χ0n) is 10.7. The van der Waals surface area contributed by atoms with E-state index >= 15 is 0 Å². The number of hydrogen-bond donors (Lipinski definition) is 2. The second-order valence-electron chi connectivity index (χ2n) is 5.97. The number of halogens is 3. The predicted molar refractivity (Wildman–Crippen MR) is 62.7 cm³/mol. The van der Waals surface area contributed by atoms with Gasteiger partial charge in [0.15, 0.2) is 0 Å². The molecule has 3 N–H and O–H groups in total. The maximum Gasteiger partial charge on any atom is 0.401 e. The van der Waals surface area contributed by atoms with Crippen LogP contribution in [0.2, 0.25) is 0 Å². The van der Waals surface area contributed by atoms with E-state index in [1.165, 1.54) is 0 Å². The smallest absolute Gasteiger partial charge is 0.329 e. The highest BCUT2D eigenvalue weighted by Crippen LogP contribution is 2.37. The molecule has 0 spiro atoms. The lowest BCUT2D eigenvalue weighted by atomic mass is 9.83. The minimum absolute atomic E-state index is 0.219. The molecular formula is C12H23F3N2. The molecule has 1 rings (SSSR count). The molecule has 0 amide bonds. The summed E-state index contributed by atoms with van der Waals surface area (Å²) in [6.07, 6.45) is 0.228. The summed E-state index contributed by atoms with van der Waals surface area (Å²) in [5.41, 5.74) is 5.39. The van der Waals surface area contributed by atoms with E-state index in [9.17, 15) is 13.2 Å². The Morgan fingerprint density at radius 2 is 1.76 bits per heavy atom. The lowest BCUT2D eigenvalue weighted by Crippen LogP contribution is -2.53. The Hall–Kier alpha value is -0.290. The van der Waals surface area contributed by atoms with Crippen molar-refractivity contribution < 1.29 is 13.2 Å². The van der Waals surface area contributed by atoms with Gasteiger partial charge < -0.3 is 11.1 Å². The third kappa shape index (κ3) is 4.84. The van der Waals surface area contributed by atoms with Crippen molar-refractivity contribution in [3.8, 4) is 0 Å². The monoisotopic (exact) mass is 252 g/mol. The highest BCUT2D eigenvalue weighted by atomic mass is 19.4. The summed E-state index contributed by atoms with van der Waals surface area (Å²) in [5.74, 6) is 0. The Morgan fingerprint density at radius 3 is 2.29 bits per heavy atom. The SMILES string of the molecule is CC1(C)CCCC(CN)(NCC(F)(F)F)CC1. The van der Waals surface area contributed by atoms with Crippen molar-refractivity contribution in [3.05, 3.63) is 0 Å². The topological polar surface area (TPSA) is 38.0 Å². The van der Waals surface area contributed by atoms with Crippen molar-refractivity contribution in [1.82, 2.24) is 5.32 Å². The maximum atomic E-state index is 12.3. The summed E-state index contributed by atoms with van der Waals surface area (Å²) in [4.78, 5) is 0. The normalized spacial score (nSPS) is 30.0. The largest absolute Gasteiger partial charge is 0.401 e. The van der Waals surface area contributed by atoms with E-state index in [1.807, 2.05) is 0 Å². The second-order valence-corrected chi connectivity index (χ2v) is 5.97. The van der Waals surface area contributed by atoms with Crippen LogP contribution in [0.25, 0.3) is 0 Å². The Balaban J connectivity index is 2.62. The molecule has 0 aromatic rings. The first-order chi connectivity index (χ1) is 7.68. The van der Waals surface area contributed by atoms with Gasteiger partial charge in [0, 0.05) is 12.1 Å². The Bertz CT molecular complexity index is 251. The standard InChI is InChI=1S/C12H23F3N2/c1-10(2)4-3-5-11(8-16,7-6-10)17-9-12(13,14)15/h17H,3-9,16H2,1-2H3. The van der Waals surface area contributed by atoms with Crippen LogP contribution in [0.1, 0.15) is 46.0 Å². The first-order valence-electron chi connectivity index (χ1n) is 6.20. The lowest BCUT2D eigenvalue weighted by Gasteiger charge is -2.34. The predicted octanol–water partition coefficient (Wildman–Crippen LogP) is 2.83. The van der Waals surface area contributed by atoms with E-state index in [1.54, 1.807) is 0 Å². The molecule has 2 nitrogen and oxygen atoms in total. The number of hydrogen-bond acceptors (Lipinski definition) is 2. The molecule has 0 aromatic carbocycles. The molecule has 0 aliphatic heterocycles. The maximum absolute atomic E-state index is 12.3. The van der Waals surface area contributed by atoms with Gasteiger partial charge in [0.25, 0.3) is 0 Å². The van der Waals surface area contributed by atoms with Crippen molar-refractivity contribution >= 4 is 0 Å². The quantitative estimate of drug-likeness (QED) is 0.758. The van der Waals surface area contributed by atoms with Gasteiger partial charge in [0.2, 0.25) is 0 Å². The van der Waals surface area contributed by atoms with Crippen molar-refractivity contribution in [2.24, 2.45) is 11.1 Å². The summed E-state index contributed by atoms with van der Waals surface area (Å²) in [6, 6.07) is 0. The summed E-state index contributed by atoms with van der Waals surface area (Å²) < 4.78 is 36.8. The molecule has 17 heavy (non-hydrogen) atoms. The second kappa shape index (κ2) is 5.14. The van der Waals surface area contributed by atoms with Crippen LogP contribution >= 0.6 is 0 Å². The summed E-state index contributed by atoms with van der Waals surface area (Å²) in [7, 11) is 0. The lowest BCUT2D eigenvalue weighted by molar-refractivity contribution is -0.129. The number of nitrogens with one attached hydrogen (secondary N) is 1. The first kappa shape index (κ1) is 14.8. The van der Waals surface area contributed by atoms with Gasteiger partial charge in [-0.05, 0) is 31.1 Å². The van der Waals surface area contributed by atoms with E-state index in [4.69, 9.17) is 5.73 Å². The molecule has 0 aromatic heterocycles. The molecule has 0 radical (unpaired) electrons. The van der Waals surface area contributed by atoms with Crippen LogP contribution in [0.4, 0.5) is 13.2 Å². The van der Waals surface area contributed by atoms with Gasteiger partial charge in [-0.2, -0.15) is 13.2 Å². The molecule has 102 valence electrons. The van der Waals surface area contributed by atoms with Gasteiger partial charge in [-0.3, -0.25) is 0 Å². The highest BCUT2D eigenvalue weighted by molar-refractivity contribution is 4.94. The third-order valence-corrected chi connectivity index (χ3v) is 3.84. The van der Waals surface area contributed by atoms with Gasteiger partial charge in [-0.15, -0.1) is 0 Å². The zero-order valence-corrected chi connectivity index (χ0v) is 10.7. The van der Waals surface area contributed by atoms with Gasteiger partial charge in [-0.25, -0.2) is 0 Å². The molecule has 1 saturated carbocycles. The highest BCUT2D eigenvalue weighted by Gasteiger charge is 2.37. The molecule has 0 heterocycles. The van der Waals surface area contributed by atoms with Crippen molar-refractivity contribution in [2.75, 3.05) is 13.1 Å². The molecule has 5 heteroatoms. The van der Waals surface area contributed by atoms with Crippen LogP contribution < -0.4 is 11.1 Å². The van der Waals surface area contributed by atoms with Crippen LogP contribution in [0, 0.1) is 5.41 Å². The number of alkyl halides is 3. The molecule has 0 bridgehead atoms. The van der Waals surface area contributed by atoms with Gasteiger partial charge >= 0.3 is 6.18 Å². The van der Waals surface area contributed by atoms with Crippen LogP contribution in [-0.2, 0) is 0 Å². The zero-order chi connectivity index (χ0) is 13.2. The molecule has 0 saturated heterocycles. The number of nitrogens with two attached hydrogens (primary N) is 1. The average Bonchev–Trinajstić information content (AvgIpc) is 2.34. The summed E-state index contributed by atoms with van der Waals surface area (Å²) in [5, 5.41) is 2.65. The fourth-order valence-corrected chi connectivity index (χ4v) is 2.47. The van der Waals surface area contributed by atoms with E-state index in [0.29, 0.717) is 0 Å². The molecular weight excluding hydrogens is 229 g/mol. The average molecular weight is 252 g/mol. The van der Waals surface area contributed by atoms with Gasteiger partial charge in [0.05, 0.1) is 6.54 Å². The minimum Gasteiger partial charge on any atom is -0.329 e. The van der Waals surface area contributed by atoms with Gasteiger partial charge in [-0.1, -0.05) is 20.3 Å². The summed E-state index contributed by atoms with van der Waals surface area (Å²) in [6.45, 7) is 3.68. The van der Waals surface area contributed by atoms with E-state index in [0.717, 1.165) is 32.1 Å². The minimum atomic E-state index is -4.16. The van der Waals surface area contributed by atoms with Crippen LogP contribution in [0.5, 0.6) is 0 Å². The Morgan fingerprint density at radius 1 is 1.12 bits per heavy atom. The number of rotatable bonds is 3. The van der Waals surface area contributed by atoms with E-state index < -0.39 is 18.3 Å². The molecule has 1 fully saturated rings. The fourth-order valence-electron chi connectivity index (χ4n) is 2.47. The third-order valence-electron chi connectivity index (χ3n) is 3.84. The van der Waals surface area contributed by atoms with Crippen LogP contribution in [0.15, 0.2) is 0 Å². The van der Waals surface area contributed by atoms with E-state index in [-0.39, 0.29) is 12.0 Å². The first-order valence-corrected chi connectivity index (χ1v) is 6.20. The van der Waals surface area contributed by atoms with Crippen molar-refractivity contribution in [2.45, 2.75) is 57.7 Å². The molecule has 1 aliphatic carbocycles. The molecule has 1 unspecified atom stereocenters. The molecule has 1 aliphatic rings. The van der Waals surface area contributed by atoms with E-state index in [2.05, 4.69) is 19.2 Å². The Kier molecular flexibility index (Phi) is 4.47. The summed E-state index contributed by atoms with van der Waals surface area (Å²) >= 11 is 0. The van der Waals surface area contributed by atoms with Crippen molar-refractivity contribution in [3.63, 3.8) is 0 Å². The van der Waals surface area contributed by atoms with Crippen LogP contribution in [-0.4, -0.2) is 24.8 Å². The van der Waals surface area contributed by atoms with Crippen LogP contribution in [0.3, 0.4) is 0 Å². The fraction of sp³-hybridized carbons (Fsp3) is 1.00. The Labute approximate surface area is 101 Å². The van der Waals surface area contributed by atoms with Crippen molar-refractivity contribution in [1.29, 1.82) is 0 Å².